The minimum absolute atomic E-state index is 0.0232. The molecule has 1 fully saturated rings. The Morgan fingerprint density at radius 1 is 1.39 bits per heavy atom. The predicted molar refractivity (Wildman–Crippen MR) is 59.8 cm³/mol. The number of benzene rings is 1. The zero-order chi connectivity index (χ0) is 13.3. The number of amides is 1. The number of hydrogen-bond acceptors (Lipinski definition) is 2. The van der Waals surface area contributed by atoms with Crippen molar-refractivity contribution in [1.29, 1.82) is 0 Å². The fourth-order valence-corrected chi connectivity index (χ4v) is 1.91. The van der Waals surface area contributed by atoms with Gasteiger partial charge in [0.15, 0.2) is 0 Å². The van der Waals surface area contributed by atoms with Gasteiger partial charge in [0, 0.05) is 0 Å². The summed E-state index contributed by atoms with van der Waals surface area (Å²) in [5.74, 6) is 0.0520. The van der Waals surface area contributed by atoms with E-state index in [-0.39, 0.29) is 18.1 Å². The Labute approximate surface area is 106 Å². The standard InChI is InChI=1S/C11H9ClF3NO2/c12-5-7-6-16(10(17)18-7)9-4-2-1-3-8(9)11(13,14)15/h1-4,7H,5-6H2. The molecule has 1 amide bonds. The lowest BCUT2D eigenvalue weighted by Gasteiger charge is -2.18. The summed E-state index contributed by atoms with van der Waals surface area (Å²) in [7, 11) is 0. The number of alkyl halides is 4. The van der Waals surface area contributed by atoms with Crippen molar-refractivity contribution in [2.75, 3.05) is 17.3 Å². The molecule has 1 atom stereocenters. The minimum atomic E-state index is -4.52. The van der Waals surface area contributed by atoms with Crippen LogP contribution in [0.5, 0.6) is 0 Å². The first-order chi connectivity index (χ1) is 8.43. The van der Waals surface area contributed by atoms with Gasteiger partial charge in [-0.2, -0.15) is 13.2 Å². The van der Waals surface area contributed by atoms with E-state index in [0.29, 0.717) is 0 Å². The molecule has 0 spiro atoms. The van der Waals surface area contributed by atoms with E-state index in [1.54, 1.807) is 0 Å². The Balaban J connectivity index is 2.37. The topological polar surface area (TPSA) is 29.5 Å². The maximum absolute atomic E-state index is 12.8. The molecule has 98 valence electrons. The van der Waals surface area contributed by atoms with Gasteiger partial charge in [-0.1, -0.05) is 12.1 Å². The fraction of sp³-hybridized carbons (Fsp3) is 0.364. The van der Waals surface area contributed by atoms with Crippen LogP contribution in [-0.2, 0) is 10.9 Å². The predicted octanol–water partition coefficient (Wildman–Crippen LogP) is 3.27. The molecule has 18 heavy (non-hydrogen) atoms. The van der Waals surface area contributed by atoms with Crippen molar-refractivity contribution in [3.05, 3.63) is 29.8 Å². The largest absolute Gasteiger partial charge is 0.443 e. The summed E-state index contributed by atoms with van der Waals surface area (Å²) >= 11 is 5.53. The molecule has 1 aromatic carbocycles. The van der Waals surface area contributed by atoms with Gasteiger partial charge in [-0.25, -0.2) is 4.79 Å². The number of halogens is 4. The molecule has 0 saturated carbocycles. The van der Waals surface area contributed by atoms with E-state index >= 15 is 0 Å². The van der Waals surface area contributed by atoms with E-state index in [1.165, 1.54) is 18.2 Å². The van der Waals surface area contributed by atoms with Crippen LogP contribution in [0.15, 0.2) is 24.3 Å². The molecule has 1 saturated heterocycles. The first-order valence-electron chi connectivity index (χ1n) is 5.14. The molecule has 0 bridgehead atoms. The van der Waals surface area contributed by atoms with E-state index in [2.05, 4.69) is 0 Å². The first-order valence-corrected chi connectivity index (χ1v) is 5.67. The van der Waals surface area contributed by atoms with Crippen LogP contribution in [0.1, 0.15) is 5.56 Å². The van der Waals surface area contributed by atoms with E-state index < -0.39 is 23.9 Å². The van der Waals surface area contributed by atoms with Gasteiger partial charge in [-0.3, -0.25) is 4.90 Å². The number of carbonyl (C=O) groups excluding carboxylic acids is 1. The Morgan fingerprint density at radius 2 is 2.06 bits per heavy atom. The van der Waals surface area contributed by atoms with E-state index in [1.807, 2.05) is 0 Å². The number of rotatable bonds is 2. The second-order valence-corrected chi connectivity index (χ2v) is 4.09. The maximum atomic E-state index is 12.8. The number of anilines is 1. The second kappa shape index (κ2) is 4.68. The second-order valence-electron chi connectivity index (χ2n) is 3.79. The third-order valence-electron chi connectivity index (χ3n) is 2.55. The fourth-order valence-electron chi connectivity index (χ4n) is 1.75. The van der Waals surface area contributed by atoms with E-state index in [9.17, 15) is 18.0 Å². The summed E-state index contributed by atoms with van der Waals surface area (Å²) in [6.07, 6.45) is -5.91. The van der Waals surface area contributed by atoms with Crippen molar-refractivity contribution in [1.82, 2.24) is 0 Å². The molecule has 1 aromatic rings. The highest BCUT2D eigenvalue weighted by Gasteiger charge is 2.39. The average Bonchev–Trinajstić information content (AvgIpc) is 2.69. The number of hydrogen-bond donors (Lipinski definition) is 0. The van der Waals surface area contributed by atoms with Crippen LogP contribution in [-0.4, -0.2) is 24.6 Å². The lowest BCUT2D eigenvalue weighted by Crippen LogP contribution is -2.27. The highest BCUT2D eigenvalue weighted by molar-refractivity contribution is 6.18. The van der Waals surface area contributed by atoms with Crippen molar-refractivity contribution >= 4 is 23.4 Å². The maximum Gasteiger partial charge on any atom is 0.418 e. The van der Waals surface area contributed by atoms with E-state index in [0.717, 1.165) is 11.0 Å². The summed E-state index contributed by atoms with van der Waals surface area (Å²) in [5.41, 5.74) is -1.07. The van der Waals surface area contributed by atoms with Gasteiger partial charge in [-0.05, 0) is 12.1 Å². The smallest absolute Gasteiger partial charge is 0.418 e. The van der Waals surface area contributed by atoms with Gasteiger partial charge in [0.05, 0.1) is 23.7 Å². The summed E-state index contributed by atoms with van der Waals surface area (Å²) in [6.45, 7) is 0.0232. The third-order valence-corrected chi connectivity index (χ3v) is 2.89. The molecule has 1 heterocycles. The van der Waals surface area contributed by atoms with Crippen molar-refractivity contribution in [3.8, 4) is 0 Å². The third kappa shape index (κ3) is 2.38. The lowest BCUT2D eigenvalue weighted by molar-refractivity contribution is -0.137. The average molecular weight is 280 g/mol. The van der Waals surface area contributed by atoms with Crippen molar-refractivity contribution in [3.63, 3.8) is 0 Å². The van der Waals surface area contributed by atoms with Crippen LogP contribution in [0, 0.1) is 0 Å². The zero-order valence-corrected chi connectivity index (χ0v) is 9.83. The van der Waals surface area contributed by atoms with Crippen LogP contribution < -0.4 is 4.90 Å². The van der Waals surface area contributed by atoms with Crippen LogP contribution in [0.2, 0.25) is 0 Å². The summed E-state index contributed by atoms with van der Waals surface area (Å²) in [6, 6.07) is 4.87. The van der Waals surface area contributed by atoms with Gasteiger partial charge in [-0.15, -0.1) is 11.6 Å². The number of para-hydroxylation sites is 1. The number of nitrogens with zero attached hydrogens (tertiary/aromatic N) is 1. The van der Waals surface area contributed by atoms with Gasteiger partial charge in [0.25, 0.3) is 0 Å². The molecule has 1 aliphatic rings. The zero-order valence-electron chi connectivity index (χ0n) is 9.08. The number of carbonyl (C=O) groups is 1. The van der Waals surface area contributed by atoms with Crippen molar-refractivity contribution in [2.45, 2.75) is 12.3 Å². The van der Waals surface area contributed by atoms with Crippen LogP contribution in [0.25, 0.3) is 0 Å². The van der Waals surface area contributed by atoms with Gasteiger partial charge < -0.3 is 4.74 Å². The first kappa shape index (κ1) is 13.0. The van der Waals surface area contributed by atoms with E-state index in [4.69, 9.17) is 16.3 Å². The van der Waals surface area contributed by atoms with Crippen LogP contribution >= 0.6 is 11.6 Å². The molecule has 1 aliphatic heterocycles. The Bertz CT molecular complexity index is 464. The van der Waals surface area contributed by atoms with Gasteiger partial charge in [0.2, 0.25) is 0 Å². The molecule has 1 unspecified atom stereocenters. The highest BCUT2D eigenvalue weighted by atomic mass is 35.5. The monoisotopic (exact) mass is 279 g/mol. The molecule has 7 heteroatoms. The van der Waals surface area contributed by atoms with Gasteiger partial charge >= 0.3 is 12.3 Å². The van der Waals surface area contributed by atoms with Crippen molar-refractivity contribution < 1.29 is 22.7 Å². The SMILES string of the molecule is O=C1OC(CCl)CN1c1ccccc1C(F)(F)F. The molecule has 0 radical (unpaired) electrons. The number of cyclic esters (lactones) is 1. The highest BCUT2D eigenvalue weighted by Crippen LogP contribution is 2.37. The lowest BCUT2D eigenvalue weighted by atomic mass is 10.1. The molecule has 0 aliphatic carbocycles. The molecule has 2 rings (SSSR count). The minimum Gasteiger partial charge on any atom is -0.443 e. The molecule has 0 N–H and O–H groups in total. The molecular weight excluding hydrogens is 271 g/mol. The summed E-state index contributed by atoms with van der Waals surface area (Å²) in [5, 5.41) is 0. The van der Waals surface area contributed by atoms with Crippen molar-refractivity contribution in [2.24, 2.45) is 0 Å². The molecule has 3 nitrogen and oxygen atoms in total. The molecule has 0 aromatic heterocycles. The number of ether oxygens (including phenoxy) is 1. The van der Waals surface area contributed by atoms with Crippen LogP contribution in [0.4, 0.5) is 23.7 Å². The van der Waals surface area contributed by atoms with Crippen LogP contribution in [0.3, 0.4) is 0 Å². The summed E-state index contributed by atoms with van der Waals surface area (Å²) in [4.78, 5) is 12.5. The molecular formula is C11H9ClF3NO2. The Kier molecular flexibility index (Phi) is 3.38. The summed E-state index contributed by atoms with van der Waals surface area (Å²) < 4.78 is 43.2. The Morgan fingerprint density at radius 3 is 2.61 bits per heavy atom. The quantitative estimate of drug-likeness (QED) is 0.778. The Hall–Kier alpha value is -1.43. The normalized spacial score (nSPS) is 20.1. The van der Waals surface area contributed by atoms with Gasteiger partial charge in [0.1, 0.15) is 6.10 Å².